The lowest BCUT2D eigenvalue weighted by molar-refractivity contribution is -0.200. The van der Waals surface area contributed by atoms with E-state index in [1.807, 2.05) is 0 Å². The maximum Gasteiger partial charge on any atom is 0.440 e. The Morgan fingerprint density at radius 2 is 1.80 bits per heavy atom. The summed E-state index contributed by atoms with van der Waals surface area (Å²) in [7, 11) is 1.33. The normalized spacial score (nSPS) is 20.0. The number of urea groups is 1. The number of amides is 4. The summed E-state index contributed by atoms with van der Waals surface area (Å²) in [6, 6.07) is 11.2. The van der Waals surface area contributed by atoms with Crippen LogP contribution in [0.1, 0.15) is 28.9 Å². The molecule has 10 heteroatoms. The largest absolute Gasteiger partial charge is 0.497 e. The number of alkyl halides is 3. The van der Waals surface area contributed by atoms with E-state index in [-0.39, 0.29) is 11.3 Å². The predicted octanol–water partition coefficient (Wildman–Crippen LogP) is 3.00. The number of nitrogens with one attached hydrogen (secondary N) is 2. The summed E-state index contributed by atoms with van der Waals surface area (Å²) in [4.78, 5) is 38.3. The summed E-state index contributed by atoms with van der Waals surface area (Å²) in [5.74, 6) is -2.58. The first-order valence-electron chi connectivity index (χ1n) is 8.85. The number of hydrogen-bond donors (Lipinski definition) is 2. The molecule has 4 amide bonds. The van der Waals surface area contributed by atoms with E-state index in [1.165, 1.54) is 38.3 Å². The molecule has 0 aliphatic carbocycles. The fraction of sp³-hybridized carbons (Fsp3) is 0.250. The number of carbonyl (C=O) groups is 3. The molecule has 1 fully saturated rings. The first-order valence-corrected chi connectivity index (χ1v) is 8.85. The molecule has 3 rings (SSSR count). The number of carbonyl (C=O) groups excluding carboxylic acids is 3. The molecule has 0 aromatic heterocycles. The third kappa shape index (κ3) is 3.56. The highest BCUT2D eigenvalue weighted by molar-refractivity contribution is 6.10. The molecule has 0 bridgehead atoms. The maximum atomic E-state index is 14.0. The number of nitrogens with zero attached hydrogens (tertiary/aromatic N) is 1. The molecule has 0 spiro atoms. The van der Waals surface area contributed by atoms with Gasteiger partial charge in [-0.1, -0.05) is 36.4 Å². The highest BCUT2D eigenvalue weighted by Gasteiger charge is 2.69. The van der Waals surface area contributed by atoms with E-state index in [9.17, 15) is 27.6 Å². The smallest absolute Gasteiger partial charge is 0.440 e. The zero-order valence-electron chi connectivity index (χ0n) is 16.0. The molecule has 158 valence electrons. The van der Waals surface area contributed by atoms with E-state index in [2.05, 4.69) is 0 Å². The summed E-state index contributed by atoms with van der Waals surface area (Å²) in [5, 5.41) is 3.31. The van der Waals surface area contributed by atoms with Gasteiger partial charge in [-0.15, -0.1) is 0 Å². The number of ether oxygens (including phenoxy) is 1. The Morgan fingerprint density at radius 1 is 1.13 bits per heavy atom. The van der Waals surface area contributed by atoms with Gasteiger partial charge in [0.25, 0.3) is 17.5 Å². The molecule has 7 nitrogen and oxygen atoms in total. The van der Waals surface area contributed by atoms with Crippen molar-refractivity contribution >= 4 is 17.8 Å². The molecule has 2 N–H and O–H groups in total. The van der Waals surface area contributed by atoms with Crippen molar-refractivity contribution in [1.82, 2.24) is 15.5 Å². The van der Waals surface area contributed by atoms with Crippen LogP contribution in [0.3, 0.4) is 0 Å². The topological polar surface area (TPSA) is 87.7 Å². The van der Waals surface area contributed by atoms with Gasteiger partial charge >= 0.3 is 12.2 Å². The van der Waals surface area contributed by atoms with Gasteiger partial charge < -0.3 is 10.1 Å². The van der Waals surface area contributed by atoms with Gasteiger partial charge in [-0.25, -0.2) is 4.79 Å². The Kier molecular flexibility index (Phi) is 5.43. The van der Waals surface area contributed by atoms with Gasteiger partial charge in [0.1, 0.15) is 5.75 Å². The van der Waals surface area contributed by atoms with Gasteiger partial charge in [0.05, 0.1) is 13.2 Å². The number of hydrogen-bond acceptors (Lipinski definition) is 4. The summed E-state index contributed by atoms with van der Waals surface area (Å²) < 4.78 is 47.0. The van der Waals surface area contributed by atoms with Crippen molar-refractivity contribution < 1.29 is 32.3 Å². The van der Waals surface area contributed by atoms with Crippen molar-refractivity contribution in [2.75, 3.05) is 7.11 Å². The first kappa shape index (κ1) is 21.2. The maximum absolute atomic E-state index is 14.0. The number of rotatable bonds is 5. The van der Waals surface area contributed by atoms with Crippen molar-refractivity contribution in [3.05, 3.63) is 65.7 Å². The monoisotopic (exact) mass is 421 g/mol. The summed E-state index contributed by atoms with van der Waals surface area (Å²) in [5.41, 5.74) is -3.31. The molecular formula is C20H18F3N3O4. The van der Waals surface area contributed by atoms with E-state index in [0.717, 1.165) is 0 Å². The lowest BCUT2D eigenvalue weighted by atomic mass is 10.0. The van der Waals surface area contributed by atoms with E-state index in [1.54, 1.807) is 41.0 Å². The molecule has 2 aromatic carbocycles. The number of benzene rings is 2. The van der Waals surface area contributed by atoms with Crippen LogP contribution in [-0.2, 0) is 4.79 Å². The van der Waals surface area contributed by atoms with E-state index < -0.39 is 35.7 Å². The molecule has 2 unspecified atom stereocenters. The van der Waals surface area contributed by atoms with Crippen LogP contribution in [0.5, 0.6) is 5.75 Å². The van der Waals surface area contributed by atoms with Gasteiger partial charge in [-0.05, 0) is 30.7 Å². The van der Waals surface area contributed by atoms with Gasteiger partial charge in [0.2, 0.25) is 0 Å². The lowest BCUT2D eigenvalue weighted by Crippen LogP contribution is -2.69. The molecule has 1 heterocycles. The number of imide groups is 1. The Balaban J connectivity index is 1.96. The predicted molar refractivity (Wildman–Crippen MR) is 99.5 cm³/mol. The minimum Gasteiger partial charge on any atom is -0.497 e. The molecular weight excluding hydrogens is 403 g/mol. The van der Waals surface area contributed by atoms with Crippen LogP contribution in [-0.4, -0.2) is 41.7 Å². The summed E-state index contributed by atoms with van der Waals surface area (Å²) in [6.07, 6.45) is -5.29. The van der Waals surface area contributed by atoms with Gasteiger partial charge in [-0.2, -0.15) is 13.2 Å². The number of halogens is 3. The summed E-state index contributed by atoms with van der Waals surface area (Å²) in [6.45, 7) is 1.42. The van der Waals surface area contributed by atoms with Crippen molar-refractivity contribution in [2.24, 2.45) is 0 Å². The van der Waals surface area contributed by atoms with Gasteiger partial charge in [0.15, 0.2) is 0 Å². The molecule has 30 heavy (non-hydrogen) atoms. The van der Waals surface area contributed by atoms with Crippen molar-refractivity contribution in [3.63, 3.8) is 0 Å². The molecule has 1 aliphatic heterocycles. The number of methoxy groups -OCH3 is 1. The quantitative estimate of drug-likeness (QED) is 0.727. The minimum atomic E-state index is -5.29. The van der Waals surface area contributed by atoms with Gasteiger partial charge in [-0.3, -0.25) is 19.8 Å². The fourth-order valence-electron chi connectivity index (χ4n) is 3.13. The SMILES string of the molecule is COc1cccc(C(=O)NC2(C(F)(F)F)NC(=O)N(C(C)c3ccccc3)C2=O)c1. The van der Waals surface area contributed by atoms with Crippen molar-refractivity contribution in [1.29, 1.82) is 0 Å². The standard InChI is InChI=1S/C20H18F3N3O4/c1-12(13-7-4-3-5-8-13)26-17(28)19(20(21,22)23,25-18(26)29)24-16(27)14-9-6-10-15(11-14)30-2/h3-12H,1-2H3,(H,24,27)(H,25,29). The van der Waals surface area contributed by atoms with Crippen LogP contribution >= 0.6 is 0 Å². The molecule has 2 aromatic rings. The van der Waals surface area contributed by atoms with E-state index >= 15 is 0 Å². The molecule has 1 saturated heterocycles. The van der Waals surface area contributed by atoms with Gasteiger partial charge in [0, 0.05) is 5.56 Å². The van der Waals surface area contributed by atoms with Crippen molar-refractivity contribution in [3.8, 4) is 5.75 Å². The molecule has 1 aliphatic rings. The Morgan fingerprint density at radius 3 is 2.40 bits per heavy atom. The van der Waals surface area contributed by atoms with Crippen LogP contribution < -0.4 is 15.4 Å². The molecule has 0 saturated carbocycles. The van der Waals surface area contributed by atoms with E-state index in [0.29, 0.717) is 10.5 Å². The first-order chi connectivity index (χ1) is 14.1. The third-order valence-corrected chi connectivity index (χ3v) is 4.78. The highest BCUT2D eigenvalue weighted by Crippen LogP contribution is 2.37. The van der Waals surface area contributed by atoms with Crippen LogP contribution in [0, 0.1) is 0 Å². The molecule has 2 atom stereocenters. The average molecular weight is 421 g/mol. The highest BCUT2D eigenvalue weighted by atomic mass is 19.4. The van der Waals surface area contributed by atoms with Crippen molar-refractivity contribution in [2.45, 2.75) is 24.8 Å². The Labute approximate surface area is 169 Å². The Hall–Kier alpha value is -3.56. The van der Waals surface area contributed by atoms with Crippen LogP contribution in [0.4, 0.5) is 18.0 Å². The van der Waals surface area contributed by atoms with E-state index in [4.69, 9.17) is 4.74 Å². The second-order valence-corrected chi connectivity index (χ2v) is 6.63. The molecule has 0 radical (unpaired) electrons. The second-order valence-electron chi connectivity index (χ2n) is 6.63. The average Bonchev–Trinajstić information content (AvgIpc) is 2.98. The minimum absolute atomic E-state index is 0.172. The zero-order valence-corrected chi connectivity index (χ0v) is 16.0. The lowest BCUT2D eigenvalue weighted by Gasteiger charge is -2.30. The van der Waals surface area contributed by atoms with Crippen LogP contribution in [0.2, 0.25) is 0 Å². The summed E-state index contributed by atoms with van der Waals surface area (Å²) >= 11 is 0. The van der Waals surface area contributed by atoms with Crippen LogP contribution in [0.15, 0.2) is 54.6 Å². The second kappa shape index (κ2) is 7.69. The Bertz CT molecular complexity index is 981. The van der Waals surface area contributed by atoms with Crippen LogP contribution in [0.25, 0.3) is 0 Å². The third-order valence-electron chi connectivity index (χ3n) is 4.78. The zero-order chi connectivity index (χ0) is 22.1. The fourth-order valence-corrected chi connectivity index (χ4v) is 3.13.